The van der Waals surface area contributed by atoms with Crippen molar-refractivity contribution in [1.82, 2.24) is 5.32 Å². The first-order chi connectivity index (χ1) is 11.1. The monoisotopic (exact) mass is 310 g/mol. The highest BCUT2D eigenvalue weighted by molar-refractivity contribution is 5.79. The normalized spacial score (nSPS) is 10.9. The van der Waals surface area contributed by atoms with Crippen LogP contribution in [0.15, 0.2) is 59.8 Å². The highest BCUT2D eigenvalue weighted by atomic mass is 16.6. The van der Waals surface area contributed by atoms with Crippen molar-refractivity contribution in [3.63, 3.8) is 0 Å². The first-order valence-corrected chi connectivity index (χ1v) is 7.71. The lowest BCUT2D eigenvalue weighted by atomic mass is 10.0. The summed E-state index contributed by atoms with van der Waals surface area (Å²) in [5, 5.41) is 6.60. The number of nitrogens with zero attached hydrogens (tertiary/aromatic N) is 1. The smallest absolute Gasteiger partial charge is 0.261 e. The Morgan fingerprint density at radius 1 is 1.13 bits per heavy atom. The van der Waals surface area contributed by atoms with Gasteiger partial charge in [0.1, 0.15) is 0 Å². The van der Waals surface area contributed by atoms with Gasteiger partial charge in [-0.05, 0) is 22.6 Å². The lowest BCUT2D eigenvalue weighted by Gasteiger charge is -2.05. The molecule has 0 aromatic heterocycles. The molecule has 1 N–H and O–H groups in total. The van der Waals surface area contributed by atoms with Gasteiger partial charge in [-0.25, -0.2) is 0 Å². The van der Waals surface area contributed by atoms with E-state index >= 15 is 0 Å². The number of amides is 1. The minimum absolute atomic E-state index is 0.0899. The highest BCUT2D eigenvalue weighted by Crippen LogP contribution is 2.13. The molecule has 0 heterocycles. The zero-order valence-corrected chi connectivity index (χ0v) is 13.5. The molecule has 0 atom stereocenters. The van der Waals surface area contributed by atoms with E-state index in [1.165, 1.54) is 5.56 Å². The molecule has 0 fully saturated rings. The second-order valence-corrected chi connectivity index (χ2v) is 5.59. The van der Waals surface area contributed by atoms with Crippen LogP contribution < -0.4 is 5.32 Å². The number of oxime groups is 1. The molecule has 2 rings (SSSR count). The number of nitrogens with one attached hydrogen (secondary N) is 1. The summed E-state index contributed by atoms with van der Waals surface area (Å²) in [5.41, 5.74) is 3.28. The van der Waals surface area contributed by atoms with E-state index in [9.17, 15) is 4.79 Å². The molecule has 0 spiro atoms. The molecule has 4 heteroatoms. The van der Waals surface area contributed by atoms with Crippen LogP contribution in [0.4, 0.5) is 0 Å². The molecule has 0 unspecified atom stereocenters. The van der Waals surface area contributed by atoms with Crippen LogP contribution in [0, 0.1) is 0 Å². The van der Waals surface area contributed by atoms with Crippen LogP contribution in [0.2, 0.25) is 0 Å². The summed E-state index contributed by atoms with van der Waals surface area (Å²) in [6, 6.07) is 17.8. The molecular formula is C19H22N2O2. The van der Waals surface area contributed by atoms with E-state index in [4.69, 9.17) is 4.84 Å². The van der Waals surface area contributed by atoms with Gasteiger partial charge < -0.3 is 10.2 Å². The van der Waals surface area contributed by atoms with Gasteiger partial charge in [0.05, 0.1) is 6.21 Å². The summed E-state index contributed by atoms with van der Waals surface area (Å²) >= 11 is 0. The van der Waals surface area contributed by atoms with E-state index in [0.29, 0.717) is 12.5 Å². The molecule has 4 nitrogen and oxygen atoms in total. The topological polar surface area (TPSA) is 50.7 Å². The predicted octanol–water partition coefficient (Wildman–Crippen LogP) is 3.48. The van der Waals surface area contributed by atoms with Gasteiger partial charge in [-0.15, -0.1) is 0 Å². The Kier molecular flexibility index (Phi) is 6.36. The fraction of sp³-hybridized carbons (Fsp3) is 0.263. The summed E-state index contributed by atoms with van der Waals surface area (Å²) in [5.74, 6) is 0.312. The molecule has 1 amide bonds. The first kappa shape index (κ1) is 16.7. The van der Waals surface area contributed by atoms with Crippen molar-refractivity contribution in [2.45, 2.75) is 26.3 Å². The molecule has 2 aromatic carbocycles. The molecule has 2 aromatic rings. The van der Waals surface area contributed by atoms with E-state index in [0.717, 1.165) is 11.1 Å². The Balaban J connectivity index is 1.70. The summed E-state index contributed by atoms with van der Waals surface area (Å²) in [6.45, 7) is 4.71. The van der Waals surface area contributed by atoms with Crippen LogP contribution in [0.5, 0.6) is 0 Å². The molecule has 0 aliphatic carbocycles. The van der Waals surface area contributed by atoms with E-state index in [1.807, 2.05) is 42.5 Å². The minimum Gasteiger partial charge on any atom is -0.386 e. The van der Waals surface area contributed by atoms with Gasteiger partial charge in [-0.2, -0.15) is 0 Å². The number of rotatable bonds is 7. The van der Waals surface area contributed by atoms with Crippen LogP contribution in [-0.2, 0) is 16.2 Å². The van der Waals surface area contributed by atoms with Crippen molar-refractivity contribution in [3.8, 4) is 0 Å². The van der Waals surface area contributed by atoms with Crippen molar-refractivity contribution >= 4 is 12.1 Å². The van der Waals surface area contributed by atoms with Gasteiger partial charge in [0.15, 0.2) is 6.61 Å². The number of carbonyl (C=O) groups is 1. The summed E-state index contributed by atoms with van der Waals surface area (Å²) in [7, 11) is 0. The molecule has 0 bridgehead atoms. The Bertz CT molecular complexity index is 634. The first-order valence-electron chi connectivity index (χ1n) is 7.71. The SMILES string of the molecule is CC(C)c1ccc(/C=N\OCC(=O)NCc2ccccc2)cc1. The number of carbonyl (C=O) groups excluding carboxylic acids is 1. The summed E-state index contributed by atoms with van der Waals surface area (Å²) in [4.78, 5) is 16.7. The largest absolute Gasteiger partial charge is 0.386 e. The van der Waals surface area contributed by atoms with Crippen LogP contribution >= 0.6 is 0 Å². The molecular weight excluding hydrogens is 288 g/mol. The van der Waals surface area contributed by atoms with Gasteiger partial charge in [0.2, 0.25) is 0 Å². The zero-order valence-electron chi connectivity index (χ0n) is 13.5. The average Bonchev–Trinajstić information content (AvgIpc) is 2.58. The Labute approximate surface area is 137 Å². The highest BCUT2D eigenvalue weighted by Gasteiger charge is 2.01. The maximum Gasteiger partial charge on any atom is 0.261 e. The molecule has 23 heavy (non-hydrogen) atoms. The van der Waals surface area contributed by atoms with Crippen LogP contribution in [0.3, 0.4) is 0 Å². The zero-order chi connectivity index (χ0) is 16.5. The fourth-order valence-electron chi connectivity index (χ4n) is 2.01. The molecule has 0 aliphatic heterocycles. The van der Waals surface area contributed by atoms with E-state index in [1.54, 1.807) is 6.21 Å². The second kappa shape index (κ2) is 8.73. The lowest BCUT2D eigenvalue weighted by Crippen LogP contribution is -2.26. The molecule has 0 aliphatic rings. The van der Waals surface area contributed by atoms with Crippen molar-refractivity contribution in [2.75, 3.05) is 6.61 Å². The van der Waals surface area contributed by atoms with Crippen LogP contribution in [-0.4, -0.2) is 18.7 Å². The standard InChI is InChI=1S/C19H22N2O2/c1-15(2)18-10-8-17(9-11-18)13-21-23-14-19(22)20-12-16-6-4-3-5-7-16/h3-11,13,15H,12,14H2,1-2H3,(H,20,22)/b21-13-. The molecule has 120 valence electrons. The number of hydrogen-bond acceptors (Lipinski definition) is 3. The van der Waals surface area contributed by atoms with Crippen LogP contribution in [0.1, 0.15) is 36.5 Å². The molecule has 0 radical (unpaired) electrons. The maximum atomic E-state index is 11.6. The van der Waals surface area contributed by atoms with Gasteiger partial charge in [0.25, 0.3) is 5.91 Å². The van der Waals surface area contributed by atoms with Crippen molar-refractivity contribution in [3.05, 3.63) is 71.3 Å². The third-order valence-electron chi connectivity index (χ3n) is 3.41. The quantitative estimate of drug-likeness (QED) is 0.629. The predicted molar refractivity (Wildman–Crippen MR) is 92.4 cm³/mol. The van der Waals surface area contributed by atoms with Crippen molar-refractivity contribution in [2.24, 2.45) is 5.16 Å². The van der Waals surface area contributed by atoms with Crippen LogP contribution in [0.25, 0.3) is 0 Å². The van der Waals surface area contributed by atoms with Gasteiger partial charge in [0, 0.05) is 6.54 Å². The summed E-state index contributed by atoms with van der Waals surface area (Å²) < 4.78 is 0. The Hall–Kier alpha value is -2.62. The van der Waals surface area contributed by atoms with Gasteiger partial charge in [-0.3, -0.25) is 4.79 Å². The van der Waals surface area contributed by atoms with Gasteiger partial charge >= 0.3 is 0 Å². The lowest BCUT2D eigenvalue weighted by molar-refractivity contribution is -0.125. The average molecular weight is 310 g/mol. The fourth-order valence-corrected chi connectivity index (χ4v) is 2.01. The summed E-state index contributed by atoms with van der Waals surface area (Å²) in [6.07, 6.45) is 1.61. The molecule has 0 saturated heterocycles. The third kappa shape index (κ3) is 5.94. The van der Waals surface area contributed by atoms with Crippen molar-refractivity contribution < 1.29 is 9.63 Å². The van der Waals surface area contributed by atoms with E-state index in [-0.39, 0.29) is 12.5 Å². The number of hydrogen-bond donors (Lipinski definition) is 1. The van der Waals surface area contributed by atoms with E-state index in [2.05, 4.69) is 36.5 Å². The Morgan fingerprint density at radius 3 is 2.48 bits per heavy atom. The third-order valence-corrected chi connectivity index (χ3v) is 3.41. The second-order valence-electron chi connectivity index (χ2n) is 5.59. The maximum absolute atomic E-state index is 11.6. The van der Waals surface area contributed by atoms with Gasteiger partial charge in [-0.1, -0.05) is 73.6 Å². The molecule has 0 saturated carbocycles. The number of benzene rings is 2. The minimum atomic E-state index is -0.193. The Morgan fingerprint density at radius 2 is 1.83 bits per heavy atom. The van der Waals surface area contributed by atoms with E-state index < -0.39 is 0 Å². The van der Waals surface area contributed by atoms with Crippen molar-refractivity contribution in [1.29, 1.82) is 0 Å².